The van der Waals surface area contributed by atoms with E-state index in [0.717, 1.165) is 12.2 Å². The highest BCUT2D eigenvalue weighted by atomic mass is 32.2. The lowest BCUT2D eigenvalue weighted by Crippen LogP contribution is -2.43. The van der Waals surface area contributed by atoms with E-state index in [0.29, 0.717) is 18.5 Å². The minimum atomic E-state index is 0.0983. The largest absolute Gasteiger partial charge is 0.352 e. The summed E-state index contributed by atoms with van der Waals surface area (Å²) in [7, 11) is 0. The van der Waals surface area contributed by atoms with Crippen molar-refractivity contribution in [3.63, 3.8) is 0 Å². The quantitative estimate of drug-likeness (QED) is 0.625. The molecule has 0 rings (SSSR count). The molecule has 0 bridgehead atoms. The van der Waals surface area contributed by atoms with Crippen LogP contribution in [0.3, 0.4) is 0 Å². The number of amides is 1. The molecular formula is C13H28N2OS. The predicted octanol–water partition coefficient (Wildman–Crippen LogP) is 2.27. The van der Waals surface area contributed by atoms with Crippen molar-refractivity contribution in [2.24, 2.45) is 5.92 Å². The van der Waals surface area contributed by atoms with Crippen LogP contribution in [0.15, 0.2) is 0 Å². The maximum atomic E-state index is 11.6. The van der Waals surface area contributed by atoms with E-state index in [4.69, 9.17) is 0 Å². The smallest absolute Gasteiger partial charge is 0.234 e. The van der Waals surface area contributed by atoms with Crippen LogP contribution in [-0.4, -0.2) is 36.0 Å². The van der Waals surface area contributed by atoms with E-state index in [1.54, 1.807) is 0 Å². The molecule has 2 atom stereocenters. The Hall–Kier alpha value is -0.220. The molecule has 0 saturated heterocycles. The number of nitrogens with one attached hydrogen (secondary N) is 2. The summed E-state index contributed by atoms with van der Waals surface area (Å²) in [6, 6.07) is 0.657. The molecule has 2 unspecified atom stereocenters. The molecule has 1 amide bonds. The van der Waals surface area contributed by atoms with Crippen LogP contribution in [0.2, 0.25) is 0 Å². The summed E-state index contributed by atoms with van der Waals surface area (Å²) < 4.78 is 0. The zero-order valence-electron chi connectivity index (χ0n) is 11.9. The van der Waals surface area contributed by atoms with Gasteiger partial charge in [0.2, 0.25) is 5.91 Å². The molecule has 0 aliphatic rings. The first kappa shape index (κ1) is 16.8. The molecule has 0 radical (unpaired) electrons. The van der Waals surface area contributed by atoms with Crippen molar-refractivity contribution in [2.75, 3.05) is 18.1 Å². The Morgan fingerprint density at radius 2 is 1.88 bits per heavy atom. The molecule has 4 heteroatoms. The minimum absolute atomic E-state index is 0.0983. The summed E-state index contributed by atoms with van der Waals surface area (Å²) >= 11 is 1.94. The van der Waals surface area contributed by atoms with E-state index in [1.165, 1.54) is 5.75 Å². The van der Waals surface area contributed by atoms with Crippen molar-refractivity contribution in [3.8, 4) is 0 Å². The van der Waals surface area contributed by atoms with Crippen molar-refractivity contribution in [3.05, 3.63) is 0 Å². The van der Waals surface area contributed by atoms with Gasteiger partial charge in [0, 0.05) is 12.1 Å². The molecule has 0 heterocycles. The fourth-order valence-corrected chi connectivity index (χ4v) is 2.05. The van der Waals surface area contributed by atoms with Gasteiger partial charge in [-0.15, -0.1) is 0 Å². The Balaban J connectivity index is 3.62. The van der Waals surface area contributed by atoms with Gasteiger partial charge in [-0.2, -0.15) is 11.8 Å². The number of rotatable bonds is 9. The van der Waals surface area contributed by atoms with E-state index in [2.05, 4.69) is 38.3 Å². The van der Waals surface area contributed by atoms with Crippen LogP contribution < -0.4 is 10.6 Å². The first-order chi connectivity index (χ1) is 7.97. The van der Waals surface area contributed by atoms with Crippen LogP contribution in [0, 0.1) is 5.92 Å². The number of hydrogen-bond donors (Lipinski definition) is 2. The highest BCUT2D eigenvalue weighted by Gasteiger charge is 2.11. The van der Waals surface area contributed by atoms with Crippen molar-refractivity contribution >= 4 is 17.7 Å². The lowest BCUT2D eigenvalue weighted by molar-refractivity contribution is -0.121. The Bertz CT molecular complexity index is 210. The van der Waals surface area contributed by atoms with Gasteiger partial charge < -0.3 is 10.6 Å². The van der Waals surface area contributed by atoms with Crippen molar-refractivity contribution in [2.45, 2.75) is 53.1 Å². The van der Waals surface area contributed by atoms with E-state index in [9.17, 15) is 4.79 Å². The van der Waals surface area contributed by atoms with Crippen LogP contribution >= 0.6 is 11.8 Å². The third kappa shape index (κ3) is 9.48. The highest BCUT2D eigenvalue weighted by Crippen LogP contribution is 2.03. The average molecular weight is 260 g/mol. The Morgan fingerprint density at radius 1 is 1.24 bits per heavy atom. The lowest BCUT2D eigenvalue weighted by atomic mass is 10.1. The molecule has 0 fully saturated rings. The monoisotopic (exact) mass is 260 g/mol. The molecule has 0 aromatic carbocycles. The Morgan fingerprint density at radius 3 is 2.41 bits per heavy atom. The van der Waals surface area contributed by atoms with Gasteiger partial charge in [0.25, 0.3) is 0 Å². The minimum Gasteiger partial charge on any atom is -0.352 e. The second-order valence-corrected chi connectivity index (χ2v) is 6.26. The average Bonchev–Trinajstić information content (AvgIpc) is 2.26. The summed E-state index contributed by atoms with van der Waals surface area (Å²) in [4.78, 5) is 11.6. The van der Waals surface area contributed by atoms with E-state index in [1.807, 2.05) is 18.7 Å². The molecule has 17 heavy (non-hydrogen) atoms. The van der Waals surface area contributed by atoms with Gasteiger partial charge in [0.15, 0.2) is 0 Å². The molecule has 0 aromatic heterocycles. The fraction of sp³-hybridized carbons (Fsp3) is 0.923. The number of carbonyl (C=O) groups excluding carboxylic acids is 1. The number of hydrogen-bond acceptors (Lipinski definition) is 3. The van der Waals surface area contributed by atoms with Crippen molar-refractivity contribution in [1.29, 1.82) is 0 Å². The molecule has 0 aromatic rings. The molecule has 0 saturated carbocycles. The van der Waals surface area contributed by atoms with Gasteiger partial charge in [-0.25, -0.2) is 0 Å². The van der Waals surface area contributed by atoms with Gasteiger partial charge in [-0.3, -0.25) is 4.79 Å². The highest BCUT2D eigenvalue weighted by molar-refractivity contribution is 7.99. The summed E-state index contributed by atoms with van der Waals surface area (Å²) in [5, 5.41) is 6.26. The Kier molecular flexibility index (Phi) is 9.65. The molecule has 2 N–H and O–H groups in total. The van der Waals surface area contributed by atoms with Crippen molar-refractivity contribution in [1.82, 2.24) is 10.6 Å². The lowest BCUT2D eigenvalue weighted by Gasteiger charge is -2.19. The molecular weight excluding hydrogens is 232 g/mol. The van der Waals surface area contributed by atoms with Crippen LogP contribution in [0.25, 0.3) is 0 Å². The second kappa shape index (κ2) is 9.77. The van der Waals surface area contributed by atoms with Crippen LogP contribution in [0.5, 0.6) is 0 Å². The molecule has 102 valence electrons. The van der Waals surface area contributed by atoms with Gasteiger partial charge in [0.05, 0.1) is 6.54 Å². The van der Waals surface area contributed by atoms with E-state index < -0.39 is 0 Å². The SMILES string of the molecule is CCSCCC(C)NCC(=O)NC(C)C(C)C. The van der Waals surface area contributed by atoms with Crippen LogP contribution in [0.4, 0.5) is 0 Å². The molecule has 0 spiro atoms. The zero-order chi connectivity index (χ0) is 13.3. The van der Waals surface area contributed by atoms with Gasteiger partial charge >= 0.3 is 0 Å². The molecule has 3 nitrogen and oxygen atoms in total. The van der Waals surface area contributed by atoms with Gasteiger partial charge in [-0.1, -0.05) is 20.8 Å². The first-order valence-electron chi connectivity index (χ1n) is 6.57. The first-order valence-corrected chi connectivity index (χ1v) is 7.73. The molecule has 0 aliphatic carbocycles. The zero-order valence-corrected chi connectivity index (χ0v) is 12.7. The Labute approximate surface area is 111 Å². The second-order valence-electron chi connectivity index (χ2n) is 4.87. The number of thioether (sulfide) groups is 1. The maximum absolute atomic E-state index is 11.6. The summed E-state index contributed by atoms with van der Waals surface area (Å²) in [6.45, 7) is 11.0. The summed E-state index contributed by atoms with van der Waals surface area (Å²) in [5.41, 5.74) is 0. The van der Waals surface area contributed by atoms with Crippen LogP contribution in [0.1, 0.15) is 41.0 Å². The topological polar surface area (TPSA) is 41.1 Å². The molecule has 0 aliphatic heterocycles. The van der Waals surface area contributed by atoms with Gasteiger partial charge in [0.1, 0.15) is 0 Å². The van der Waals surface area contributed by atoms with Gasteiger partial charge in [-0.05, 0) is 37.7 Å². The third-order valence-electron chi connectivity index (χ3n) is 2.90. The third-order valence-corrected chi connectivity index (χ3v) is 3.83. The summed E-state index contributed by atoms with van der Waals surface area (Å²) in [5.74, 6) is 2.91. The van der Waals surface area contributed by atoms with Crippen molar-refractivity contribution < 1.29 is 4.79 Å². The summed E-state index contributed by atoms with van der Waals surface area (Å²) in [6.07, 6.45) is 1.12. The number of carbonyl (C=O) groups is 1. The van der Waals surface area contributed by atoms with E-state index in [-0.39, 0.29) is 11.9 Å². The van der Waals surface area contributed by atoms with Crippen LogP contribution in [-0.2, 0) is 4.79 Å². The fourth-order valence-electron chi connectivity index (χ4n) is 1.25. The standard InChI is InChI=1S/C13H28N2OS/c1-6-17-8-7-11(4)14-9-13(16)15-12(5)10(2)3/h10-12,14H,6-9H2,1-5H3,(H,15,16). The normalized spacial score (nSPS) is 14.7. The maximum Gasteiger partial charge on any atom is 0.234 e. The predicted molar refractivity (Wildman–Crippen MR) is 77.5 cm³/mol. The van der Waals surface area contributed by atoms with E-state index >= 15 is 0 Å².